The van der Waals surface area contributed by atoms with Gasteiger partial charge in [-0.15, -0.1) is 0 Å². The second-order valence-corrected chi connectivity index (χ2v) is 15.4. The number of hydrogen-bond donors (Lipinski definition) is 0. The Morgan fingerprint density at radius 2 is 0.750 bits per heavy atom. The van der Waals surface area contributed by atoms with Gasteiger partial charge in [0, 0.05) is 33.4 Å². The molecule has 2 heteroatoms. The van der Waals surface area contributed by atoms with E-state index in [0.29, 0.717) is 0 Å². The summed E-state index contributed by atoms with van der Waals surface area (Å²) in [6.45, 7) is 0. The summed E-state index contributed by atoms with van der Waals surface area (Å²) in [6, 6.07) is 85.0. The smallest absolute Gasteiger partial charge is 0.143 e. The van der Waals surface area contributed by atoms with Crippen molar-refractivity contribution in [2.75, 3.05) is 4.90 Å². The molecule has 0 aliphatic carbocycles. The number of hydrogen-bond acceptors (Lipinski definition) is 2. The van der Waals surface area contributed by atoms with Gasteiger partial charge in [-0.1, -0.05) is 176 Å². The summed E-state index contributed by atoms with van der Waals surface area (Å²) in [5, 5.41) is 4.76. The van der Waals surface area contributed by atoms with Gasteiger partial charge < -0.3 is 9.32 Å². The summed E-state index contributed by atoms with van der Waals surface area (Å²) >= 11 is 0. The Hall–Kier alpha value is -7.94. The molecule has 0 amide bonds. The topological polar surface area (TPSA) is 16.4 Å². The second kappa shape index (κ2) is 15.1. The lowest BCUT2D eigenvalue weighted by atomic mass is 9.96. The molecule has 0 radical (unpaired) electrons. The molecule has 0 bridgehead atoms. The molecule has 1 aromatic heterocycles. The zero-order chi connectivity index (χ0) is 39.8. The van der Waals surface area contributed by atoms with Crippen LogP contribution in [0.1, 0.15) is 0 Å². The lowest BCUT2D eigenvalue weighted by molar-refractivity contribution is 0.670. The summed E-state index contributed by atoms with van der Waals surface area (Å²) in [5.74, 6) is 0. The molecular formula is C58H39NO. The van der Waals surface area contributed by atoms with Crippen molar-refractivity contribution < 1.29 is 4.42 Å². The molecule has 11 aromatic rings. The number of anilines is 3. The van der Waals surface area contributed by atoms with Crippen LogP contribution >= 0.6 is 0 Å². The van der Waals surface area contributed by atoms with Gasteiger partial charge in [0.15, 0.2) is 0 Å². The highest BCUT2D eigenvalue weighted by atomic mass is 16.3. The first-order chi connectivity index (χ1) is 29.7. The van der Waals surface area contributed by atoms with E-state index in [1.807, 2.05) is 12.1 Å². The number of rotatable bonds is 8. The molecule has 2 nitrogen and oxygen atoms in total. The van der Waals surface area contributed by atoms with Gasteiger partial charge in [0.25, 0.3) is 0 Å². The molecule has 0 fully saturated rings. The van der Waals surface area contributed by atoms with Gasteiger partial charge in [0.05, 0.1) is 0 Å². The zero-order valence-corrected chi connectivity index (χ0v) is 32.9. The maximum Gasteiger partial charge on any atom is 0.143 e. The minimum absolute atomic E-state index is 0.902. The third kappa shape index (κ3) is 6.61. The Kier molecular flexibility index (Phi) is 8.87. The maximum atomic E-state index is 6.45. The second-order valence-electron chi connectivity index (χ2n) is 15.4. The van der Waals surface area contributed by atoms with Gasteiger partial charge in [-0.25, -0.2) is 0 Å². The molecule has 0 spiro atoms. The number of para-hydroxylation sites is 2. The lowest BCUT2D eigenvalue weighted by Gasteiger charge is -2.27. The predicted molar refractivity (Wildman–Crippen MR) is 253 cm³/mol. The number of furan rings is 1. The van der Waals surface area contributed by atoms with Crippen LogP contribution in [0.5, 0.6) is 0 Å². The van der Waals surface area contributed by atoms with Crippen LogP contribution in [0.2, 0.25) is 0 Å². The normalized spacial score (nSPS) is 11.3. The SMILES string of the molecule is c1ccc(-c2cc(-c3ccccc3)cc(N(c3ccc(-c4cccc(-c5ccc6ccccc6c5)c4)cc3)c3ccc(-c4cccc5c4oc4ccccc45)cc3)c2)cc1. The monoisotopic (exact) mass is 765 g/mol. The highest BCUT2D eigenvalue weighted by Gasteiger charge is 2.18. The average molecular weight is 766 g/mol. The summed E-state index contributed by atoms with van der Waals surface area (Å²) in [7, 11) is 0. The van der Waals surface area contributed by atoms with E-state index in [-0.39, 0.29) is 0 Å². The number of nitrogens with zero attached hydrogens (tertiary/aromatic N) is 1. The summed E-state index contributed by atoms with van der Waals surface area (Å²) < 4.78 is 6.45. The Bertz CT molecular complexity index is 3230. The quantitative estimate of drug-likeness (QED) is 0.153. The minimum atomic E-state index is 0.902. The van der Waals surface area contributed by atoms with Crippen molar-refractivity contribution in [2.45, 2.75) is 0 Å². The lowest BCUT2D eigenvalue weighted by Crippen LogP contribution is -2.10. The molecule has 0 unspecified atom stereocenters. The average Bonchev–Trinajstić information content (AvgIpc) is 3.72. The van der Waals surface area contributed by atoms with Crippen molar-refractivity contribution >= 4 is 49.8 Å². The molecule has 1 heterocycles. The van der Waals surface area contributed by atoms with Crippen molar-refractivity contribution in [1.82, 2.24) is 0 Å². The van der Waals surface area contributed by atoms with Gasteiger partial charge in [0.2, 0.25) is 0 Å². The highest BCUT2D eigenvalue weighted by Crippen LogP contribution is 2.42. The first-order valence-corrected chi connectivity index (χ1v) is 20.5. The molecule has 10 aromatic carbocycles. The van der Waals surface area contributed by atoms with Crippen molar-refractivity contribution in [2.24, 2.45) is 0 Å². The third-order valence-electron chi connectivity index (χ3n) is 11.6. The highest BCUT2D eigenvalue weighted by molar-refractivity contribution is 6.09. The van der Waals surface area contributed by atoms with Crippen LogP contribution in [-0.4, -0.2) is 0 Å². The van der Waals surface area contributed by atoms with E-state index >= 15 is 0 Å². The van der Waals surface area contributed by atoms with Crippen LogP contribution in [0.3, 0.4) is 0 Å². The van der Waals surface area contributed by atoms with E-state index < -0.39 is 0 Å². The first-order valence-electron chi connectivity index (χ1n) is 20.5. The van der Waals surface area contributed by atoms with Crippen molar-refractivity contribution in [3.05, 3.63) is 237 Å². The molecule has 11 rings (SSSR count). The fraction of sp³-hybridized carbons (Fsp3) is 0. The van der Waals surface area contributed by atoms with Crippen LogP contribution in [0, 0.1) is 0 Å². The molecule has 0 aliphatic heterocycles. The Balaban J connectivity index is 1.02. The number of fused-ring (bicyclic) bond motifs is 4. The van der Waals surface area contributed by atoms with Crippen LogP contribution in [0.4, 0.5) is 17.1 Å². The molecular weight excluding hydrogens is 727 g/mol. The van der Waals surface area contributed by atoms with E-state index in [0.717, 1.165) is 61.3 Å². The minimum Gasteiger partial charge on any atom is -0.455 e. The summed E-state index contributed by atoms with van der Waals surface area (Å²) in [6.07, 6.45) is 0. The van der Waals surface area contributed by atoms with Crippen LogP contribution in [-0.2, 0) is 0 Å². The Morgan fingerprint density at radius 1 is 0.267 bits per heavy atom. The van der Waals surface area contributed by atoms with E-state index in [4.69, 9.17) is 4.42 Å². The number of benzene rings is 10. The Morgan fingerprint density at radius 3 is 1.45 bits per heavy atom. The molecule has 60 heavy (non-hydrogen) atoms. The molecule has 0 saturated heterocycles. The van der Waals surface area contributed by atoms with Crippen LogP contribution < -0.4 is 4.90 Å². The predicted octanol–water partition coefficient (Wildman–Crippen LogP) is 16.5. The van der Waals surface area contributed by atoms with Crippen molar-refractivity contribution in [1.29, 1.82) is 0 Å². The molecule has 282 valence electrons. The van der Waals surface area contributed by atoms with Gasteiger partial charge in [0.1, 0.15) is 11.2 Å². The standard InChI is InChI=1S/C58H39NO/c1-3-13-40(14-4-1)49-37-50(41-15-5-2-6-16-41)39-53(38-49)59(52-33-29-44(30-34-52)54-22-12-23-56-55-21-9-10-24-57(55)60-58(54)56)51-31-27-43(28-32-51)46-19-11-20-47(35-46)48-26-25-42-17-7-8-18-45(42)36-48/h1-39H. The van der Waals surface area contributed by atoms with Gasteiger partial charge in [-0.2, -0.15) is 0 Å². The van der Waals surface area contributed by atoms with E-state index in [9.17, 15) is 0 Å². The van der Waals surface area contributed by atoms with Gasteiger partial charge in [-0.3, -0.25) is 0 Å². The fourth-order valence-corrected chi connectivity index (χ4v) is 8.60. The maximum absolute atomic E-state index is 6.45. The van der Waals surface area contributed by atoms with E-state index in [1.165, 1.54) is 44.2 Å². The van der Waals surface area contributed by atoms with Gasteiger partial charge >= 0.3 is 0 Å². The summed E-state index contributed by atoms with van der Waals surface area (Å²) in [5.41, 5.74) is 16.6. The van der Waals surface area contributed by atoms with Crippen molar-refractivity contribution in [3.8, 4) is 55.6 Å². The molecule has 0 N–H and O–H groups in total. The molecule has 0 saturated carbocycles. The molecule has 0 atom stereocenters. The first kappa shape index (κ1) is 35.2. The van der Waals surface area contributed by atoms with E-state index in [2.05, 4.69) is 229 Å². The largest absolute Gasteiger partial charge is 0.455 e. The zero-order valence-electron chi connectivity index (χ0n) is 32.9. The van der Waals surface area contributed by atoms with Crippen LogP contribution in [0.15, 0.2) is 241 Å². The summed E-state index contributed by atoms with van der Waals surface area (Å²) in [4.78, 5) is 2.37. The Labute approximate surface area is 349 Å². The van der Waals surface area contributed by atoms with Gasteiger partial charge in [-0.05, 0) is 122 Å². The van der Waals surface area contributed by atoms with Crippen molar-refractivity contribution in [3.63, 3.8) is 0 Å². The third-order valence-corrected chi connectivity index (χ3v) is 11.6. The fourth-order valence-electron chi connectivity index (χ4n) is 8.60. The van der Waals surface area contributed by atoms with E-state index in [1.54, 1.807) is 0 Å². The molecule has 0 aliphatic rings. The van der Waals surface area contributed by atoms with Crippen LogP contribution in [0.25, 0.3) is 88.3 Å².